The summed E-state index contributed by atoms with van der Waals surface area (Å²) in [5.41, 5.74) is 0.441. The van der Waals surface area contributed by atoms with Gasteiger partial charge in [-0.25, -0.2) is 8.78 Å². The van der Waals surface area contributed by atoms with Crippen LogP contribution in [0.4, 0.5) is 8.78 Å². The van der Waals surface area contributed by atoms with E-state index in [1.54, 1.807) is 12.1 Å². The van der Waals surface area contributed by atoms with Gasteiger partial charge >= 0.3 is 0 Å². The number of nitrogens with zero attached hydrogens (tertiary/aromatic N) is 2. The number of rotatable bonds is 3. The van der Waals surface area contributed by atoms with Crippen LogP contribution in [-0.2, 0) is 6.54 Å². The Hall–Kier alpha value is -1.68. The molecule has 3 rings (SSSR count). The van der Waals surface area contributed by atoms with E-state index in [0.717, 1.165) is 19.5 Å². The molecule has 0 radical (unpaired) electrons. The van der Waals surface area contributed by atoms with E-state index in [9.17, 15) is 8.78 Å². The molecule has 2 nitrogen and oxygen atoms in total. The smallest absolute Gasteiger partial charge is 0.163 e. The number of hydrogen-bond donors (Lipinski definition) is 0. The molecular weight excluding hydrogens is 270 g/mol. The second kappa shape index (κ2) is 5.98. The van der Waals surface area contributed by atoms with Crippen LogP contribution in [0.1, 0.15) is 24.9 Å². The van der Waals surface area contributed by atoms with Gasteiger partial charge in [0.15, 0.2) is 11.6 Å². The third-order valence-electron chi connectivity index (χ3n) is 4.44. The van der Waals surface area contributed by atoms with E-state index in [0.29, 0.717) is 24.1 Å². The summed E-state index contributed by atoms with van der Waals surface area (Å²) in [5, 5.41) is 0. The first-order chi connectivity index (χ1) is 10.1. The topological polar surface area (TPSA) is 8.17 Å². The van der Waals surface area contributed by atoms with Gasteiger partial charge < -0.3 is 4.57 Å². The lowest BCUT2D eigenvalue weighted by molar-refractivity contribution is 0.125. The van der Waals surface area contributed by atoms with Crippen LogP contribution in [0.25, 0.3) is 0 Å². The highest BCUT2D eigenvalue weighted by atomic mass is 19.2. The molecule has 1 fully saturated rings. The number of piperidine rings is 1. The maximum atomic E-state index is 13.8. The fourth-order valence-electron chi connectivity index (χ4n) is 3.13. The molecule has 2 aromatic rings. The van der Waals surface area contributed by atoms with Gasteiger partial charge in [0, 0.05) is 37.1 Å². The number of benzene rings is 1. The van der Waals surface area contributed by atoms with Crippen molar-refractivity contribution in [1.82, 2.24) is 9.47 Å². The van der Waals surface area contributed by atoms with Crippen molar-refractivity contribution in [2.24, 2.45) is 5.92 Å². The quantitative estimate of drug-likeness (QED) is 0.833. The summed E-state index contributed by atoms with van der Waals surface area (Å²) < 4.78 is 29.3. The van der Waals surface area contributed by atoms with E-state index in [2.05, 4.69) is 28.8 Å². The average molecular weight is 290 g/mol. The monoisotopic (exact) mass is 290 g/mol. The first-order valence-corrected chi connectivity index (χ1v) is 7.43. The molecule has 1 aromatic carbocycles. The summed E-state index contributed by atoms with van der Waals surface area (Å²) in [7, 11) is 0. The summed E-state index contributed by atoms with van der Waals surface area (Å²) in [6.45, 7) is 4.51. The molecule has 0 bridgehead atoms. The van der Waals surface area contributed by atoms with Crippen molar-refractivity contribution in [3.8, 4) is 0 Å². The summed E-state index contributed by atoms with van der Waals surface area (Å²) in [5.74, 6) is -0.889. The second-order valence-electron chi connectivity index (χ2n) is 5.91. The highest BCUT2D eigenvalue weighted by Crippen LogP contribution is 2.28. The van der Waals surface area contributed by atoms with E-state index < -0.39 is 11.6 Å². The van der Waals surface area contributed by atoms with Crippen LogP contribution in [0, 0.1) is 17.6 Å². The highest BCUT2D eigenvalue weighted by Gasteiger charge is 2.27. The minimum absolute atomic E-state index is 0.394. The van der Waals surface area contributed by atoms with Crippen LogP contribution in [0.2, 0.25) is 0 Å². The Labute approximate surface area is 124 Å². The van der Waals surface area contributed by atoms with Crippen LogP contribution in [0.15, 0.2) is 42.7 Å². The molecule has 4 heteroatoms. The van der Waals surface area contributed by atoms with E-state index in [1.807, 2.05) is 12.1 Å². The Balaban J connectivity index is 1.73. The number of likely N-dealkylation sites (tertiary alicyclic amines) is 1. The second-order valence-corrected chi connectivity index (χ2v) is 5.91. The van der Waals surface area contributed by atoms with Gasteiger partial charge in [0.2, 0.25) is 0 Å². The van der Waals surface area contributed by atoms with E-state index in [1.165, 1.54) is 6.07 Å². The van der Waals surface area contributed by atoms with Crippen LogP contribution < -0.4 is 0 Å². The van der Waals surface area contributed by atoms with Crippen molar-refractivity contribution in [2.75, 3.05) is 13.1 Å². The summed E-state index contributed by atoms with van der Waals surface area (Å²) in [4.78, 5) is 2.21. The molecule has 1 saturated heterocycles. The van der Waals surface area contributed by atoms with Gasteiger partial charge in [-0.1, -0.05) is 19.1 Å². The lowest BCUT2D eigenvalue weighted by atomic mass is 9.93. The van der Waals surface area contributed by atoms with Gasteiger partial charge in [-0.3, -0.25) is 4.90 Å². The number of hydrogen-bond acceptors (Lipinski definition) is 1. The van der Waals surface area contributed by atoms with Gasteiger partial charge in [-0.15, -0.1) is 0 Å². The number of aromatic nitrogens is 1. The van der Waals surface area contributed by atoms with Crippen molar-refractivity contribution in [2.45, 2.75) is 25.9 Å². The maximum absolute atomic E-state index is 13.8. The third-order valence-corrected chi connectivity index (χ3v) is 4.44. The van der Waals surface area contributed by atoms with Crippen molar-refractivity contribution in [1.29, 1.82) is 0 Å². The van der Waals surface area contributed by atoms with E-state index >= 15 is 0 Å². The zero-order valence-electron chi connectivity index (χ0n) is 12.2. The first kappa shape index (κ1) is 14.3. The molecule has 0 spiro atoms. The van der Waals surface area contributed by atoms with Gasteiger partial charge in [-0.05, 0) is 37.1 Å². The average Bonchev–Trinajstić information content (AvgIpc) is 3.00. The number of halogens is 2. The minimum atomic E-state index is -0.764. The third kappa shape index (κ3) is 3.00. The molecule has 1 aliphatic heterocycles. The lowest BCUT2D eigenvalue weighted by Crippen LogP contribution is -2.40. The van der Waals surface area contributed by atoms with Crippen LogP contribution in [-0.4, -0.2) is 22.6 Å². The molecule has 0 unspecified atom stereocenters. The summed E-state index contributed by atoms with van der Waals surface area (Å²) in [6, 6.07) is 8.85. The molecule has 2 heterocycles. The fourth-order valence-corrected chi connectivity index (χ4v) is 3.13. The van der Waals surface area contributed by atoms with Crippen LogP contribution in [0.5, 0.6) is 0 Å². The van der Waals surface area contributed by atoms with Crippen molar-refractivity contribution >= 4 is 0 Å². The highest BCUT2D eigenvalue weighted by molar-refractivity contribution is 5.19. The Kier molecular flexibility index (Phi) is 4.06. The molecule has 1 aromatic heterocycles. The Morgan fingerprint density at radius 2 is 1.90 bits per heavy atom. The fraction of sp³-hybridized carbons (Fsp3) is 0.412. The van der Waals surface area contributed by atoms with Crippen molar-refractivity contribution in [3.05, 3.63) is 59.9 Å². The molecule has 0 saturated carbocycles. The Bertz CT molecular complexity index is 595. The zero-order valence-corrected chi connectivity index (χ0v) is 12.2. The normalized spacial score (nSPS) is 23.4. The van der Waals surface area contributed by atoms with E-state index in [-0.39, 0.29) is 0 Å². The largest absolute Gasteiger partial charge is 0.350 e. The Morgan fingerprint density at radius 1 is 1.14 bits per heavy atom. The van der Waals surface area contributed by atoms with Gasteiger partial charge in [-0.2, -0.15) is 0 Å². The molecule has 0 amide bonds. The molecule has 2 atom stereocenters. The van der Waals surface area contributed by atoms with Gasteiger partial charge in [0.1, 0.15) is 0 Å². The summed E-state index contributed by atoms with van der Waals surface area (Å²) in [6.07, 6.45) is 5.22. The molecular formula is C17H20F2N2. The van der Waals surface area contributed by atoms with Crippen LogP contribution in [0.3, 0.4) is 0 Å². The van der Waals surface area contributed by atoms with Crippen LogP contribution >= 0.6 is 0 Å². The maximum Gasteiger partial charge on any atom is 0.163 e. The first-order valence-electron chi connectivity index (χ1n) is 7.43. The predicted octanol–water partition coefficient (Wildman–Crippen LogP) is 3.85. The molecule has 0 aliphatic carbocycles. The van der Waals surface area contributed by atoms with Gasteiger partial charge in [0.25, 0.3) is 0 Å². The van der Waals surface area contributed by atoms with Crippen molar-refractivity contribution in [3.63, 3.8) is 0 Å². The van der Waals surface area contributed by atoms with Gasteiger partial charge in [0.05, 0.1) is 0 Å². The predicted molar refractivity (Wildman–Crippen MR) is 78.9 cm³/mol. The molecule has 21 heavy (non-hydrogen) atoms. The molecule has 0 N–H and O–H groups in total. The standard InChI is InChI=1S/C17H20F2N2/c1-13-7-10-20(12-16(13)21-8-2-3-9-21)11-14-5-4-6-15(18)17(14)19/h2-6,8-9,13,16H,7,10-12H2,1H3/t13-,16+/m1/s1. The Morgan fingerprint density at radius 3 is 2.67 bits per heavy atom. The van der Waals surface area contributed by atoms with E-state index in [4.69, 9.17) is 0 Å². The van der Waals surface area contributed by atoms with Crippen molar-refractivity contribution < 1.29 is 8.78 Å². The molecule has 1 aliphatic rings. The summed E-state index contributed by atoms with van der Waals surface area (Å²) >= 11 is 0. The minimum Gasteiger partial charge on any atom is -0.350 e. The molecule has 112 valence electrons. The zero-order chi connectivity index (χ0) is 14.8. The SMILES string of the molecule is C[C@@H]1CCN(Cc2cccc(F)c2F)C[C@@H]1n1cccc1. The lowest BCUT2D eigenvalue weighted by Gasteiger charge is -2.38.